The molecule has 0 saturated heterocycles. The van der Waals surface area contributed by atoms with Crippen molar-refractivity contribution in [2.75, 3.05) is 23.9 Å². The first kappa shape index (κ1) is 15.2. The van der Waals surface area contributed by atoms with Gasteiger partial charge in [-0.15, -0.1) is 0 Å². The third kappa shape index (κ3) is 3.69. The second kappa shape index (κ2) is 7.57. The molecule has 1 heterocycles. The number of ether oxygens (including phenoxy) is 1. The molecule has 1 aromatic heterocycles. The number of hydrogen-bond acceptors (Lipinski definition) is 6. The number of nitrogen functional groups attached to an aromatic ring is 1. The van der Waals surface area contributed by atoms with Crippen LogP contribution in [0.5, 0.6) is 5.88 Å². The SMILES string of the molecule is CCCOc1ncnc(NC2CCCCC2SC)c1N. The van der Waals surface area contributed by atoms with E-state index in [0.29, 0.717) is 35.3 Å². The number of rotatable bonds is 6. The highest BCUT2D eigenvalue weighted by Crippen LogP contribution is 2.32. The Morgan fingerprint density at radius 2 is 2.20 bits per heavy atom. The van der Waals surface area contributed by atoms with Crippen LogP contribution in [0.2, 0.25) is 0 Å². The summed E-state index contributed by atoms with van der Waals surface area (Å²) in [4.78, 5) is 8.38. The largest absolute Gasteiger partial charge is 0.476 e. The van der Waals surface area contributed by atoms with Crippen LogP contribution in [0.4, 0.5) is 11.5 Å². The zero-order valence-electron chi connectivity index (χ0n) is 12.3. The summed E-state index contributed by atoms with van der Waals surface area (Å²) in [6.07, 6.45) is 9.61. The van der Waals surface area contributed by atoms with E-state index in [4.69, 9.17) is 10.5 Å². The topological polar surface area (TPSA) is 73.1 Å². The lowest BCUT2D eigenvalue weighted by Crippen LogP contribution is -2.34. The first-order valence-electron chi connectivity index (χ1n) is 7.28. The maximum Gasteiger partial charge on any atom is 0.242 e. The van der Waals surface area contributed by atoms with Crippen LogP contribution in [-0.4, -0.2) is 34.1 Å². The van der Waals surface area contributed by atoms with Gasteiger partial charge in [0.25, 0.3) is 0 Å². The summed E-state index contributed by atoms with van der Waals surface area (Å²) >= 11 is 1.92. The Morgan fingerprint density at radius 1 is 1.40 bits per heavy atom. The standard InChI is InChI=1S/C14H24N4OS/c1-3-8-19-14-12(15)13(16-9-17-14)18-10-6-4-5-7-11(10)20-2/h9-11H,3-8,15H2,1-2H3,(H,16,17,18). The van der Waals surface area contributed by atoms with Crippen molar-refractivity contribution in [3.63, 3.8) is 0 Å². The summed E-state index contributed by atoms with van der Waals surface area (Å²) in [6.45, 7) is 2.68. The Bertz CT molecular complexity index is 430. The van der Waals surface area contributed by atoms with Crippen molar-refractivity contribution in [1.82, 2.24) is 9.97 Å². The lowest BCUT2D eigenvalue weighted by molar-refractivity contribution is 0.306. The number of hydrogen-bond donors (Lipinski definition) is 2. The molecule has 1 aliphatic rings. The van der Waals surface area contributed by atoms with Crippen molar-refractivity contribution in [2.45, 2.75) is 50.3 Å². The molecule has 3 N–H and O–H groups in total. The van der Waals surface area contributed by atoms with Gasteiger partial charge in [0.05, 0.1) is 6.61 Å². The fourth-order valence-electron chi connectivity index (χ4n) is 2.53. The second-order valence-corrected chi connectivity index (χ2v) is 6.18. The molecule has 2 rings (SSSR count). The number of nitrogens with zero attached hydrogens (tertiary/aromatic N) is 2. The Morgan fingerprint density at radius 3 is 2.95 bits per heavy atom. The molecule has 6 heteroatoms. The van der Waals surface area contributed by atoms with E-state index in [-0.39, 0.29) is 0 Å². The van der Waals surface area contributed by atoms with Crippen LogP contribution < -0.4 is 15.8 Å². The van der Waals surface area contributed by atoms with Crippen LogP contribution in [0.25, 0.3) is 0 Å². The molecule has 0 aliphatic heterocycles. The van der Waals surface area contributed by atoms with Gasteiger partial charge >= 0.3 is 0 Å². The lowest BCUT2D eigenvalue weighted by Gasteiger charge is -2.31. The first-order valence-corrected chi connectivity index (χ1v) is 8.57. The lowest BCUT2D eigenvalue weighted by atomic mass is 9.95. The average Bonchev–Trinajstić information content (AvgIpc) is 2.48. The van der Waals surface area contributed by atoms with Crippen LogP contribution in [0.3, 0.4) is 0 Å². The molecule has 20 heavy (non-hydrogen) atoms. The van der Waals surface area contributed by atoms with E-state index in [9.17, 15) is 0 Å². The smallest absolute Gasteiger partial charge is 0.242 e. The van der Waals surface area contributed by atoms with Crippen molar-refractivity contribution in [3.05, 3.63) is 6.33 Å². The zero-order valence-corrected chi connectivity index (χ0v) is 13.1. The zero-order chi connectivity index (χ0) is 14.4. The van der Waals surface area contributed by atoms with E-state index in [0.717, 1.165) is 6.42 Å². The summed E-state index contributed by atoms with van der Waals surface area (Å²) < 4.78 is 5.55. The van der Waals surface area contributed by atoms with Crippen LogP contribution >= 0.6 is 11.8 Å². The highest BCUT2D eigenvalue weighted by Gasteiger charge is 2.25. The van der Waals surface area contributed by atoms with Crippen molar-refractivity contribution in [1.29, 1.82) is 0 Å². The normalized spacial score (nSPS) is 22.5. The van der Waals surface area contributed by atoms with Gasteiger partial charge in [0.15, 0.2) is 5.82 Å². The van der Waals surface area contributed by atoms with Gasteiger partial charge in [-0.25, -0.2) is 4.98 Å². The average molecular weight is 296 g/mol. The van der Waals surface area contributed by atoms with E-state index in [2.05, 4.69) is 28.5 Å². The van der Waals surface area contributed by atoms with Crippen molar-refractivity contribution in [2.24, 2.45) is 0 Å². The van der Waals surface area contributed by atoms with Crippen LogP contribution in [0.15, 0.2) is 6.33 Å². The van der Waals surface area contributed by atoms with Crippen LogP contribution in [0.1, 0.15) is 39.0 Å². The van der Waals surface area contributed by atoms with Crippen molar-refractivity contribution >= 4 is 23.3 Å². The number of aromatic nitrogens is 2. The molecule has 1 aromatic rings. The molecule has 0 bridgehead atoms. The molecule has 0 aromatic carbocycles. The monoisotopic (exact) mass is 296 g/mol. The summed E-state index contributed by atoms with van der Waals surface area (Å²) in [5.74, 6) is 1.19. The predicted octanol–water partition coefficient (Wildman–Crippen LogP) is 2.93. The highest BCUT2D eigenvalue weighted by molar-refractivity contribution is 7.99. The third-order valence-electron chi connectivity index (χ3n) is 3.62. The van der Waals surface area contributed by atoms with Crippen molar-refractivity contribution in [3.8, 4) is 5.88 Å². The van der Waals surface area contributed by atoms with Gasteiger partial charge in [-0.1, -0.05) is 19.8 Å². The molecular formula is C14H24N4OS. The molecule has 5 nitrogen and oxygen atoms in total. The maximum atomic E-state index is 6.11. The summed E-state index contributed by atoms with van der Waals surface area (Å²) in [5.41, 5.74) is 6.63. The molecule has 1 aliphatic carbocycles. The summed E-state index contributed by atoms with van der Waals surface area (Å²) in [5, 5.41) is 4.11. The predicted molar refractivity (Wildman–Crippen MR) is 85.4 cm³/mol. The molecule has 2 atom stereocenters. The molecule has 1 fully saturated rings. The fourth-order valence-corrected chi connectivity index (χ4v) is 3.46. The number of anilines is 2. The van der Waals surface area contributed by atoms with E-state index >= 15 is 0 Å². The Labute approximate surface area is 125 Å². The summed E-state index contributed by atoms with van der Waals surface area (Å²) in [6, 6.07) is 0.426. The maximum absolute atomic E-state index is 6.11. The van der Waals surface area contributed by atoms with Gasteiger partial charge in [0, 0.05) is 11.3 Å². The Kier molecular flexibility index (Phi) is 5.76. The fraction of sp³-hybridized carbons (Fsp3) is 0.714. The highest BCUT2D eigenvalue weighted by atomic mass is 32.2. The molecule has 2 unspecified atom stereocenters. The van der Waals surface area contributed by atoms with Gasteiger partial charge in [0.2, 0.25) is 5.88 Å². The van der Waals surface area contributed by atoms with E-state index in [1.807, 2.05) is 11.8 Å². The summed E-state index contributed by atoms with van der Waals surface area (Å²) in [7, 11) is 0. The third-order valence-corrected chi connectivity index (χ3v) is 4.79. The number of nitrogens with two attached hydrogens (primary N) is 1. The molecule has 0 amide bonds. The second-order valence-electron chi connectivity index (χ2n) is 5.10. The molecular weight excluding hydrogens is 272 g/mol. The van der Waals surface area contributed by atoms with E-state index in [1.165, 1.54) is 32.0 Å². The molecule has 112 valence electrons. The number of nitrogens with one attached hydrogen (secondary N) is 1. The van der Waals surface area contributed by atoms with Crippen LogP contribution in [0, 0.1) is 0 Å². The van der Waals surface area contributed by atoms with Gasteiger partial charge in [-0.05, 0) is 25.5 Å². The first-order chi connectivity index (χ1) is 9.76. The van der Waals surface area contributed by atoms with Gasteiger partial charge in [-0.3, -0.25) is 0 Å². The Balaban J connectivity index is 2.08. The van der Waals surface area contributed by atoms with E-state index < -0.39 is 0 Å². The minimum Gasteiger partial charge on any atom is -0.476 e. The van der Waals surface area contributed by atoms with Gasteiger partial charge in [0.1, 0.15) is 12.0 Å². The quantitative estimate of drug-likeness (QED) is 0.841. The van der Waals surface area contributed by atoms with Crippen molar-refractivity contribution < 1.29 is 4.74 Å². The van der Waals surface area contributed by atoms with Gasteiger partial charge < -0.3 is 15.8 Å². The minimum atomic E-state index is 0.426. The van der Waals surface area contributed by atoms with Gasteiger partial charge in [-0.2, -0.15) is 16.7 Å². The number of thioether (sulfide) groups is 1. The van der Waals surface area contributed by atoms with E-state index in [1.54, 1.807) is 0 Å². The van der Waals surface area contributed by atoms with Crippen LogP contribution in [-0.2, 0) is 0 Å². The minimum absolute atomic E-state index is 0.426. The molecule has 0 spiro atoms. The molecule has 0 radical (unpaired) electrons. The Hall–Kier alpha value is -1.17. The molecule has 1 saturated carbocycles.